The van der Waals surface area contributed by atoms with Crippen molar-refractivity contribution in [3.8, 4) is 11.5 Å². The van der Waals surface area contributed by atoms with Crippen LogP contribution in [0.2, 0.25) is 0 Å². The van der Waals surface area contributed by atoms with Crippen LogP contribution in [0.1, 0.15) is 83.3 Å². The molecule has 2 saturated carbocycles. The predicted molar refractivity (Wildman–Crippen MR) is 135 cm³/mol. The maximum atomic E-state index is 13.3. The Hall–Kier alpha value is -2.33. The molecule has 0 aromatic heterocycles. The molecule has 3 aliphatic rings. The monoisotopic (exact) mass is 461 g/mol. The van der Waals surface area contributed by atoms with Gasteiger partial charge < -0.3 is 14.8 Å². The van der Waals surface area contributed by atoms with E-state index in [-0.39, 0.29) is 29.6 Å². The zero-order valence-electron chi connectivity index (χ0n) is 20.7. The highest BCUT2D eigenvalue weighted by Crippen LogP contribution is 2.48. The minimum Gasteiger partial charge on any atom is -0.457 e. The molecule has 2 aromatic carbocycles. The summed E-state index contributed by atoms with van der Waals surface area (Å²) in [7, 11) is 0. The van der Waals surface area contributed by atoms with Gasteiger partial charge in [-0.25, -0.2) is 0 Å². The quantitative estimate of drug-likeness (QED) is 0.512. The fourth-order valence-electron chi connectivity index (χ4n) is 6.49. The van der Waals surface area contributed by atoms with E-state index in [1.807, 2.05) is 42.5 Å². The molecule has 182 valence electrons. The molecule has 1 heterocycles. The van der Waals surface area contributed by atoms with E-state index >= 15 is 0 Å². The summed E-state index contributed by atoms with van der Waals surface area (Å²) < 4.78 is 12.9. The van der Waals surface area contributed by atoms with Crippen molar-refractivity contribution in [2.24, 2.45) is 17.8 Å². The zero-order valence-corrected chi connectivity index (χ0v) is 20.7. The van der Waals surface area contributed by atoms with Crippen LogP contribution >= 0.6 is 0 Å². The van der Waals surface area contributed by atoms with Gasteiger partial charge in [-0.05, 0) is 68.4 Å². The Bertz CT molecular complexity index is 970. The molecule has 1 aliphatic heterocycles. The third-order valence-corrected chi connectivity index (χ3v) is 8.41. The van der Waals surface area contributed by atoms with Crippen molar-refractivity contribution in [3.05, 3.63) is 60.2 Å². The topological polar surface area (TPSA) is 47.6 Å². The molecule has 0 spiro atoms. The van der Waals surface area contributed by atoms with Crippen LogP contribution in [0.4, 0.5) is 0 Å². The Labute approximate surface area is 204 Å². The number of carbonyl (C=O) groups is 1. The fraction of sp³-hybridized carbons (Fsp3) is 0.567. The van der Waals surface area contributed by atoms with Crippen LogP contribution in [0.15, 0.2) is 54.6 Å². The molecule has 3 fully saturated rings. The number of para-hydroxylation sites is 1. The third kappa shape index (κ3) is 5.17. The number of amides is 1. The Morgan fingerprint density at radius 1 is 0.971 bits per heavy atom. The van der Waals surface area contributed by atoms with Gasteiger partial charge in [-0.1, -0.05) is 62.9 Å². The summed E-state index contributed by atoms with van der Waals surface area (Å²) in [5, 5.41) is 3.58. The number of rotatable bonds is 5. The van der Waals surface area contributed by atoms with Crippen LogP contribution in [0.25, 0.3) is 0 Å². The number of hydrogen-bond acceptors (Lipinski definition) is 3. The largest absolute Gasteiger partial charge is 0.457 e. The van der Waals surface area contributed by atoms with E-state index in [1.54, 1.807) is 0 Å². The number of ether oxygens (including phenoxy) is 2. The number of hydrogen-bond donors (Lipinski definition) is 1. The first kappa shape index (κ1) is 23.4. The summed E-state index contributed by atoms with van der Waals surface area (Å²) in [5.74, 6) is 3.12. The third-order valence-electron chi connectivity index (χ3n) is 8.41. The number of carbonyl (C=O) groups excluding carboxylic acids is 1. The number of nitrogens with one attached hydrogen (secondary N) is 1. The van der Waals surface area contributed by atoms with Crippen molar-refractivity contribution in [2.75, 3.05) is 0 Å². The highest BCUT2D eigenvalue weighted by atomic mass is 16.5. The predicted octanol–water partition coefficient (Wildman–Crippen LogP) is 7.20. The Kier molecular flexibility index (Phi) is 6.96. The van der Waals surface area contributed by atoms with E-state index in [0.717, 1.165) is 49.2 Å². The molecular weight excluding hydrogens is 422 g/mol. The first-order chi connectivity index (χ1) is 16.5. The van der Waals surface area contributed by atoms with Gasteiger partial charge >= 0.3 is 0 Å². The van der Waals surface area contributed by atoms with Gasteiger partial charge in [-0.2, -0.15) is 0 Å². The second-order valence-corrected chi connectivity index (χ2v) is 11.1. The zero-order chi connectivity index (χ0) is 23.5. The summed E-state index contributed by atoms with van der Waals surface area (Å²) in [6, 6.07) is 18.2. The Morgan fingerprint density at radius 2 is 1.74 bits per heavy atom. The lowest BCUT2D eigenvalue weighted by Crippen LogP contribution is -2.61. The van der Waals surface area contributed by atoms with Gasteiger partial charge in [0.2, 0.25) is 5.91 Å². The summed E-state index contributed by atoms with van der Waals surface area (Å²) in [6.07, 6.45) is 10.0. The van der Waals surface area contributed by atoms with Gasteiger partial charge in [0.05, 0.1) is 12.2 Å². The molecule has 4 heteroatoms. The van der Waals surface area contributed by atoms with Gasteiger partial charge in [0, 0.05) is 23.8 Å². The molecule has 5 rings (SSSR count). The van der Waals surface area contributed by atoms with Crippen molar-refractivity contribution < 1.29 is 14.3 Å². The van der Waals surface area contributed by atoms with Crippen molar-refractivity contribution in [1.29, 1.82) is 0 Å². The second kappa shape index (κ2) is 10.1. The van der Waals surface area contributed by atoms with Crippen LogP contribution in [-0.2, 0) is 9.53 Å². The smallest absolute Gasteiger partial charge is 0.223 e. The molecule has 0 unspecified atom stereocenters. The average molecular weight is 462 g/mol. The molecule has 1 saturated heterocycles. The Balaban J connectivity index is 1.37. The minimum atomic E-state index is -0.251. The van der Waals surface area contributed by atoms with Gasteiger partial charge in [0.25, 0.3) is 0 Å². The SMILES string of the molecule is C[C@H]1CC[C@H]2[C@H](C1)O[C@H](c1cccc(Oc3ccccc3)c1)C[C@]2(C)NC(=O)C1CCCCC1. The summed E-state index contributed by atoms with van der Waals surface area (Å²) >= 11 is 0. The van der Waals surface area contributed by atoms with Crippen molar-refractivity contribution in [3.63, 3.8) is 0 Å². The molecule has 1 amide bonds. The van der Waals surface area contributed by atoms with Crippen LogP contribution in [0.3, 0.4) is 0 Å². The van der Waals surface area contributed by atoms with Crippen LogP contribution < -0.4 is 10.1 Å². The summed E-state index contributed by atoms with van der Waals surface area (Å²) in [4.78, 5) is 13.3. The van der Waals surface area contributed by atoms with Gasteiger partial charge in [0.15, 0.2) is 0 Å². The molecule has 4 nitrogen and oxygen atoms in total. The van der Waals surface area contributed by atoms with Gasteiger partial charge in [-0.15, -0.1) is 0 Å². The van der Waals surface area contributed by atoms with E-state index in [4.69, 9.17) is 9.47 Å². The highest BCUT2D eigenvalue weighted by molar-refractivity contribution is 5.79. The first-order valence-corrected chi connectivity index (χ1v) is 13.3. The van der Waals surface area contributed by atoms with Crippen LogP contribution in [0, 0.1) is 17.8 Å². The lowest BCUT2D eigenvalue weighted by Gasteiger charge is -2.52. The van der Waals surface area contributed by atoms with E-state index in [2.05, 4.69) is 31.3 Å². The van der Waals surface area contributed by atoms with Crippen molar-refractivity contribution in [2.45, 2.75) is 89.4 Å². The highest BCUT2D eigenvalue weighted by Gasteiger charge is 2.50. The van der Waals surface area contributed by atoms with Gasteiger partial charge in [0.1, 0.15) is 11.5 Å². The van der Waals surface area contributed by atoms with Crippen LogP contribution in [-0.4, -0.2) is 17.6 Å². The van der Waals surface area contributed by atoms with Gasteiger partial charge in [-0.3, -0.25) is 4.79 Å². The first-order valence-electron chi connectivity index (χ1n) is 13.3. The van der Waals surface area contributed by atoms with Crippen molar-refractivity contribution >= 4 is 5.91 Å². The van der Waals surface area contributed by atoms with E-state index in [9.17, 15) is 4.79 Å². The van der Waals surface area contributed by atoms with Crippen LogP contribution in [0.5, 0.6) is 11.5 Å². The minimum absolute atomic E-state index is 0.0532. The molecule has 2 aromatic rings. The molecular formula is C30H39NO3. The average Bonchev–Trinajstić information content (AvgIpc) is 2.85. The van der Waals surface area contributed by atoms with E-state index in [0.29, 0.717) is 11.8 Å². The summed E-state index contributed by atoms with van der Waals surface area (Å²) in [6.45, 7) is 4.61. The lowest BCUT2D eigenvalue weighted by atomic mass is 9.66. The molecule has 1 N–H and O–H groups in total. The molecule has 0 radical (unpaired) electrons. The van der Waals surface area contributed by atoms with E-state index < -0.39 is 0 Å². The molecule has 34 heavy (non-hydrogen) atoms. The van der Waals surface area contributed by atoms with E-state index in [1.165, 1.54) is 25.7 Å². The number of benzene rings is 2. The lowest BCUT2D eigenvalue weighted by molar-refractivity contribution is -0.155. The molecule has 2 aliphatic carbocycles. The Morgan fingerprint density at radius 3 is 2.53 bits per heavy atom. The molecule has 5 atom stereocenters. The maximum Gasteiger partial charge on any atom is 0.223 e. The van der Waals surface area contributed by atoms with Crippen molar-refractivity contribution in [1.82, 2.24) is 5.32 Å². The maximum absolute atomic E-state index is 13.3. The standard InChI is InChI=1S/C30H39NO3/c1-21-16-17-26-27(18-21)34-28(20-30(26,2)31-29(32)22-10-5-3-6-11-22)23-12-9-15-25(19-23)33-24-13-7-4-8-14-24/h4,7-9,12-15,19,21-22,26-28H,3,5-6,10-11,16-18,20H2,1-2H3,(H,31,32)/t21-,26-,27-,28-,30-/m0/s1. The normalized spacial score (nSPS) is 31.9. The fourth-order valence-corrected chi connectivity index (χ4v) is 6.49. The second-order valence-electron chi connectivity index (χ2n) is 11.1. The number of fused-ring (bicyclic) bond motifs is 1. The molecule has 0 bridgehead atoms. The summed E-state index contributed by atoms with van der Waals surface area (Å²) in [5.41, 5.74) is 0.877.